The Morgan fingerprint density at radius 1 is 1.32 bits per heavy atom. The second kappa shape index (κ2) is 5.35. The zero-order valence-corrected chi connectivity index (χ0v) is 12.8. The third kappa shape index (κ3) is 2.34. The van der Waals surface area contributed by atoms with Gasteiger partial charge < -0.3 is 5.43 Å². The van der Waals surface area contributed by atoms with Gasteiger partial charge in [-0.05, 0) is 30.5 Å². The molecule has 8 heteroatoms. The molecular weight excluding hydrogens is 335 g/mol. The summed E-state index contributed by atoms with van der Waals surface area (Å²) in [6.45, 7) is 0. The summed E-state index contributed by atoms with van der Waals surface area (Å²) in [5, 5.41) is -5.17. The number of alkyl halides is 4. The summed E-state index contributed by atoms with van der Waals surface area (Å²) in [6.07, 6.45) is 5.00. The lowest BCUT2D eigenvalue weighted by Crippen LogP contribution is -2.45. The number of carbonyl (C=O) groups excluding carboxylic acids is 1. The van der Waals surface area contributed by atoms with E-state index in [1.54, 1.807) is 12.1 Å². The second-order valence-electron chi connectivity index (χ2n) is 5.49. The van der Waals surface area contributed by atoms with Gasteiger partial charge in [-0.3, -0.25) is 15.2 Å². The number of nitrogens with zero attached hydrogens (tertiary/aromatic N) is 1. The van der Waals surface area contributed by atoms with Crippen LogP contribution in [-0.2, 0) is 0 Å². The van der Waals surface area contributed by atoms with Gasteiger partial charge >= 0.3 is 0 Å². The molecule has 118 valence electrons. The first kappa shape index (κ1) is 15.5. The molecule has 2 aliphatic rings. The molecule has 0 aliphatic heterocycles. The maximum absolute atomic E-state index is 14.3. The average Bonchev–Trinajstić information content (AvgIpc) is 2.99. The molecule has 4 nitrogen and oxygen atoms in total. The largest absolute Gasteiger partial charge is 0.306 e. The number of carbonyl (C=O) groups is 1. The Morgan fingerprint density at radius 2 is 2.00 bits per heavy atom. The number of allylic oxidation sites excluding steroid dienone is 1. The predicted molar refractivity (Wildman–Crippen MR) is 78.5 cm³/mol. The first-order valence-electron chi connectivity index (χ1n) is 6.74. The fourth-order valence-electron chi connectivity index (χ4n) is 3.04. The van der Waals surface area contributed by atoms with Crippen molar-refractivity contribution >= 4 is 29.1 Å². The molecule has 2 fully saturated rings. The highest BCUT2D eigenvalue weighted by Gasteiger charge is 2.70. The van der Waals surface area contributed by atoms with E-state index in [1.807, 2.05) is 0 Å². The van der Waals surface area contributed by atoms with Crippen LogP contribution in [0, 0.1) is 11.8 Å². The van der Waals surface area contributed by atoms with Crippen molar-refractivity contribution in [3.05, 3.63) is 41.9 Å². The van der Waals surface area contributed by atoms with Gasteiger partial charge in [-0.25, -0.2) is 8.78 Å². The van der Waals surface area contributed by atoms with Crippen LogP contribution < -0.4 is 10.9 Å². The fraction of sp³-hybridized carbons (Fsp3) is 0.429. The van der Waals surface area contributed by atoms with Crippen molar-refractivity contribution in [1.82, 2.24) is 15.8 Å². The summed E-state index contributed by atoms with van der Waals surface area (Å²) < 4.78 is 28.3. The Balaban J connectivity index is 1.63. The van der Waals surface area contributed by atoms with E-state index in [-0.39, 0.29) is 12.3 Å². The van der Waals surface area contributed by atoms with Crippen molar-refractivity contribution in [2.24, 2.45) is 11.8 Å². The van der Waals surface area contributed by atoms with Crippen LogP contribution in [0.2, 0.25) is 0 Å². The topological polar surface area (TPSA) is 54.0 Å². The standard InChI is InChI=1S/C14H13Cl2F2N3O/c15-13(17)10-5-9(11(6-10)14(13,16)18)7-20-21-12(22)8-1-3-19-4-2-8/h1-4,7,10-11,20H,5-6H2,(H,21,22). The smallest absolute Gasteiger partial charge is 0.269 e. The molecule has 0 radical (unpaired) electrons. The van der Waals surface area contributed by atoms with Crippen LogP contribution in [0.1, 0.15) is 23.2 Å². The second-order valence-corrected chi connectivity index (χ2v) is 6.59. The average molecular weight is 348 g/mol. The van der Waals surface area contributed by atoms with E-state index in [0.717, 1.165) is 0 Å². The summed E-state index contributed by atoms with van der Waals surface area (Å²) in [5.74, 6) is -1.82. The van der Waals surface area contributed by atoms with Gasteiger partial charge in [0, 0.05) is 36.0 Å². The number of rotatable bonds is 3. The number of halogens is 4. The lowest BCUT2D eigenvalue weighted by molar-refractivity contribution is 0.0585. The molecule has 3 rings (SSSR count). The normalized spacial score (nSPS) is 38.3. The molecule has 2 saturated carbocycles. The van der Waals surface area contributed by atoms with Gasteiger partial charge in [0.05, 0.1) is 0 Å². The van der Waals surface area contributed by atoms with Gasteiger partial charge in [0.25, 0.3) is 5.91 Å². The molecule has 2 aliphatic carbocycles. The van der Waals surface area contributed by atoms with Crippen LogP contribution in [0.15, 0.2) is 36.3 Å². The third-order valence-electron chi connectivity index (χ3n) is 4.23. The molecule has 1 aromatic rings. The zero-order chi connectivity index (χ0) is 16.0. The SMILES string of the molecule is O=C(NNC=C1CC2CC1C(F)(Cl)C2(F)Cl)c1ccncc1. The van der Waals surface area contributed by atoms with Crippen LogP contribution >= 0.6 is 23.2 Å². The van der Waals surface area contributed by atoms with Gasteiger partial charge in [0.2, 0.25) is 10.3 Å². The van der Waals surface area contributed by atoms with Crippen LogP contribution in [0.5, 0.6) is 0 Å². The Kier molecular flexibility index (Phi) is 3.77. The first-order valence-corrected chi connectivity index (χ1v) is 7.50. The predicted octanol–water partition coefficient (Wildman–Crippen LogP) is 3.05. The van der Waals surface area contributed by atoms with E-state index in [0.29, 0.717) is 17.6 Å². The van der Waals surface area contributed by atoms with Crippen LogP contribution in [0.25, 0.3) is 0 Å². The Labute approximate surface area is 135 Å². The maximum atomic E-state index is 14.3. The number of aromatic nitrogens is 1. The first-order chi connectivity index (χ1) is 10.3. The minimum atomic E-state index is -2.62. The van der Waals surface area contributed by atoms with Gasteiger partial charge in [-0.15, -0.1) is 0 Å². The highest BCUT2D eigenvalue weighted by molar-refractivity contribution is 6.34. The van der Waals surface area contributed by atoms with Crippen molar-refractivity contribution in [3.63, 3.8) is 0 Å². The van der Waals surface area contributed by atoms with E-state index >= 15 is 0 Å². The van der Waals surface area contributed by atoms with Crippen molar-refractivity contribution < 1.29 is 13.6 Å². The summed E-state index contributed by atoms with van der Waals surface area (Å²) in [4.78, 5) is 15.6. The van der Waals surface area contributed by atoms with Gasteiger partial charge in [0.1, 0.15) is 0 Å². The Morgan fingerprint density at radius 3 is 2.59 bits per heavy atom. The summed E-state index contributed by atoms with van der Waals surface area (Å²) >= 11 is 11.2. The van der Waals surface area contributed by atoms with E-state index in [9.17, 15) is 13.6 Å². The molecule has 1 aromatic heterocycles. The van der Waals surface area contributed by atoms with Gasteiger partial charge in [-0.1, -0.05) is 23.2 Å². The molecule has 1 amide bonds. The minimum Gasteiger partial charge on any atom is -0.306 e. The Hall–Kier alpha value is -1.40. The van der Waals surface area contributed by atoms with E-state index in [1.165, 1.54) is 18.6 Å². The monoisotopic (exact) mass is 347 g/mol. The molecule has 1 heterocycles. The number of amides is 1. The molecular formula is C14H13Cl2F2N3O. The number of pyridine rings is 1. The molecule has 2 N–H and O–H groups in total. The van der Waals surface area contributed by atoms with Crippen LogP contribution in [0.4, 0.5) is 8.78 Å². The molecule has 0 saturated heterocycles. The third-order valence-corrected chi connectivity index (χ3v) is 5.45. The highest BCUT2D eigenvalue weighted by atomic mass is 35.5. The van der Waals surface area contributed by atoms with E-state index in [2.05, 4.69) is 15.8 Å². The molecule has 2 bridgehead atoms. The zero-order valence-electron chi connectivity index (χ0n) is 11.3. The molecule has 22 heavy (non-hydrogen) atoms. The Bertz CT molecular complexity index is 622. The quantitative estimate of drug-likeness (QED) is 0.652. The lowest BCUT2D eigenvalue weighted by Gasteiger charge is -2.34. The molecule has 0 aromatic carbocycles. The van der Waals surface area contributed by atoms with Crippen LogP contribution in [-0.4, -0.2) is 21.1 Å². The maximum Gasteiger partial charge on any atom is 0.269 e. The summed E-state index contributed by atoms with van der Waals surface area (Å²) in [7, 11) is 0. The van der Waals surface area contributed by atoms with Crippen molar-refractivity contribution in [2.45, 2.75) is 23.1 Å². The number of nitrogens with one attached hydrogen (secondary N) is 2. The van der Waals surface area contributed by atoms with Gasteiger partial charge in [-0.2, -0.15) is 0 Å². The van der Waals surface area contributed by atoms with Crippen molar-refractivity contribution in [3.8, 4) is 0 Å². The van der Waals surface area contributed by atoms with E-state index < -0.39 is 22.1 Å². The lowest BCUT2D eigenvalue weighted by atomic mass is 9.91. The van der Waals surface area contributed by atoms with E-state index in [4.69, 9.17) is 23.2 Å². The van der Waals surface area contributed by atoms with Gasteiger partial charge in [0.15, 0.2) is 0 Å². The minimum absolute atomic E-state index is 0.256. The fourth-order valence-corrected chi connectivity index (χ4v) is 3.72. The number of fused-ring (bicyclic) bond motifs is 2. The summed E-state index contributed by atoms with van der Waals surface area (Å²) in [6, 6.07) is 3.11. The molecule has 4 atom stereocenters. The number of hydrogen-bond acceptors (Lipinski definition) is 3. The van der Waals surface area contributed by atoms with Crippen molar-refractivity contribution in [2.75, 3.05) is 0 Å². The highest BCUT2D eigenvalue weighted by Crippen LogP contribution is 2.65. The molecule has 4 unspecified atom stereocenters. The summed E-state index contributed by atoms with van der Waals surface area (Å²) in [5.41, 5.74) is 6.08. The van der Waals surface area contributed by atoms with Crippen molar-refractivity contribution in [1.29, 1.82) is 0 Å². The number of hydrogen-bond donors (Lipinski definition) is 2. The van der Waals surface area contributed by atoms with Crippen LogP contribution in [0.3, 0.4) is 0 Å². The number of hydrazine groups is 1. The molecule has 0 spiro atoms.